The Morgan fingerprint density at radius 2 is 1.69 bits per heavy atom. The molecule has 0 aliphatic carbocycles. The molecule has 0 saturated heterocycles. The summed E-state index contributed by atoms with van der Waals surface area (Å²) in [7, 11) is 1.62. The van der Waals surface area contributed by atoms with Crippen LogP contribution in [0.3, 0.4) is 0 Å². The lowest BCUT2D eigenvalue weighted by Gasteiger charge is -2.11. The summed E-state index contributed by atoms with van der Waals surface area (Å²) in [6.07, 6.45) is 0. The molecule has 0 radical (unpaired) electrons. The molecule has 3 rings (SSSR count). The van der Waals surface area contributed by atoms with E-state index in [0.717, 1.165) is 28.4 Å². The highest BCUT2D eigenvalue weighted by Gasteiger charge is 2.17. The Morgan fingerprint density at radius 3 is 2.34 bits per heavy atom. The quantitative estimate of drug-likeness (QED) is 0.504. The van der Waals surface area contributed by atoms with E-state index in [0.29, 0.717) is 17.7 Å². The molecule has 166 valence electrons. The Morgan fingerprint density at radius 1 is 0.969 bits per heavy atom. The minimum absolute atomic E-state index is 0.185. The zero-order valence-corrected chi connectivity index (χ0v) is 18.3. The lowest BCUT2D eigenvalue weighted by molar-refractivity contribution is -0.117. The van der Waals surface area contributed by atoms with E-state index in [4.69, 9.17) is 10.5 Å². The number of amides is 3. The van der Waals surface area contributed by atoms with Crippen molar-refractivity contribution >= 4 is 17.7 Å². The predicted octanol–water partition coefficient (Wildman–Crippen LogP) is 2.25. The zero-order valence-electron chi connectivity index (χ0n) is 18.3. The van der Waals surface area contributed by atoms with Crippen LogP contribution >= 0.6 is 0 Å². The summed E-state index contributed by atoms with van der Waals surface area (Å²) in [6, 6.07) is 16.3. The van der Waals surface area contributed by atoms with Crippen molar-refractivity contribution in [2.45, 2.75) is 20.4 Å². The van der Waals surface area contributed by atoms with Crippen LogP contribution in [0.25, 0.3) is 5.69 Å². The Labute approximate surface area is 186 Å². The van der Waals surface area contributed by atoms with Crippen LogP contribution in [0, 0.1) is 13.8 Å². The molecule has 3 amide bonds. The van der Waals surface area contributed by atoms with Crippen molar-refractivity contribution in [2.75, 3.05) is 13.7 Å². The maximum Gasteiger partial charge on any atom is 0.253 e. The molecule has 8 nitrogen and oxygen atoms in total. The molecule has 8 heteroatoms. The number of aryl methyl sites for hydroxylation is 1. The van der Waals surface area contributed by atoms with Gasteiger partial charge in [0.05, 0.1) is 19.2 Å². The van der Waals surface area contributed by atoms with Crippen molar-refractivity contribution in [2.24, 2.45) is 5.73 Å². The van der Waals surface area contributed by atoms with Gasteiger partial charge in [-0.15, -0.1) is 0 Å². The number of nitrogens with zero attached hydrogens (tertiary/aromatic N) is 1. The molecule has 4 N–H and O–H groups in total. The van der Waals surface area contributed by atoms with E-state index in [-0.39, 0.29) is 18.4 Å². The third-order valence-corrected chi connectivity index (χ3v) is 5.08. The topological polar surface area (TPSA) is 115 Å². The maximum atomic E-state index is 12.8. The van der Waals surface area contributed by atoms with Gasteiger partial charge in [-0.3, -0.25) is 14.4 Å². The average molecular weight is 434 g/mol. The number of aromatic nitrogens is 1. The minimum atomic E-state index is -0.608. The van der Waals surface area contributed by atoms with Crippen molar-refractivity contribution in [3.05, 3.63) is 82.7 Å². The van der Waals surface area contributed by atoms with Gasteiger partial charge in [-0.25, -0.2) is 0 Å². The fourth-order valence-corrected chi connectivity index (χ4v) is 3.46. The lowest BCUT2D eigenvalue weighted by Crippen LogP contribution is -2.33. The van der Waals surface area contributed by atoms with Crippen molar-refractivity contribution in [1.29, 1.82) is 0 Å². The lowest BCUT2D eigenvalue weighted by atomic mass is 10.1. The van der Waals surface area contributed by atoms with Crippen LogP contribution in [0.2, 0.25) is 0 Å². The third-order valence-electron chi connectivity index (χ3n) is 5.08. The summed E-state index contributed by atoms with van der Waals surface area (Å²) < 4.78 is 7.32. The second-order valence-electron chi connectivity index (χ2n) is 7.35. The van der Waals surface area contributed by atoms with Crippen LogP contribution in [0.5, 0.6) is 5.75 Å². The number of methoxy groups -OCH3 is 1. The molecule has 32 heavy (non-hydrogen) atoms. The monoisotopic (exact) mass is 434 g/mol. The van der Waals surface area contributed by atoms with Crippen molar-refractivity contribution in [3.63, 3.8) is 0 Å². The van der Waals surface area contributed by atoms with Gasteiger partial charge < -0.3 is 25.7 Å². The number of ether oxygens (including phenoxy) is 1. The Kier molecular flexibility index (Phi) is 6.94. The normalized spacial score (nSPS) is 10.5. The molecule has 0 unspecified atom stereocenters. The van der Waals surface area contributed by atoms with Gasteiger partial charge in [0.25, 0.3) is 11.8 Å². The molecule has 1 aromatic heterocycles. The van der Waals surface area contributed by atoms with E-state index >= 15 is 0 Å². The number of carbonyl (C=O) groups is 3. The Balaban J connectivity index is 1.68. The molecule has 0 atom stereocenters. The third kappa shape index (κ3) is 5.15. The number of hydrogen-bond donors (Lipinski definition) is 3. The first kappa shape index (κ1) is 22.6. The molecule has 0 fully saturated rings. The molecular formula is C24H26N4O4. The summed E-state index contributed by atoms with van der Waals surface area (Å²) in [5.41, 5.74) is 9.55. The van der Waals surface area contributed by atoms with Crippen LogP contribution in [0.15, 0.2) is 54.6 Å². The number of hydrogen-bond acceptors (Lipinski definition) is 4. The molecule has 0 aliphatic rings. The van der Waals surface area contributed by atoms with E-state index in [1.54, 1.807) is 31.4 Å². The van der Waals surface area contributed by atoms with Gasteiger partial charge in [-0.1, -0.05) is 18.2 Å². The van der Waals surface area contributed by atoms with Crippen LogP contribution in [-0.4, -0.2) is 35.9 Å². The van der Waals surface area contributed by atoms with Gasteiger partial charge in [0.15, 0.2) is 0 Å². The number of benzene rings is 2. The molecule has 1 heterocycles. The maximum absolute atomic E-state index is 12.8. The summed E-state index contributed by atoms with van der Waals surface area (Å²) >= 11 is 0. The average Bonchev–Trinajstić information content (AvgIpc) is 3.10. The Bertz CT molecular complexity index is 1150. The van der Waals surface area contributed by atoms with Gasteiger partial charge in [0.1, 0.15) is 5.75 Å². The van der Waals surface area contributed by atoms with Crippen LogP contribution < -0.4 is 21.1 Å². The molecule has 0 aliphatic heterocycles. The highest BCUT2D eigenvalue weighted by atomic mass is 16.5. The molecule has 3 aromatic rings. The Hall–Kier alpha value is -4.07. The highest BCUT2D eigenvalue weighted by Crippen LogP contribution is 2.23. The van der Waals surface area contributed by atoms with E-state index in [1.807, 2.05) is 48.7 Å². The molecule has 0 saturated carbocycles. The second-order valence-corrected chi connectivity index (χ2v) is 7.35. The fraction of sp³-hybridized carbons (Fsp3) is 0.208. The molecule has 0 spiro atoms. The molecule has 0 bridgehead atoms. The summed E-state index contributed by atoms with van der Waals surface area (Å²) in [6.45, 7) is 3.95. The van der Waals surface area contributed by atoms with Gasteiger partial charge in [0, 0.05) is 35.2 Å². The minimum Gasteiger partial charge on any atom is -0.497 e. The summed E-state index contributed by atoms with van der Waals surface area (Å²) in [5.74, 6) is -0.434. The fourth-order valence-electron chi connectivity index (χ4n) is 3.46. The standard InChI is InChI=1S/C24H26N4O4/c1-15-11-21(16(2)28(15)19-5-4-6-20(12-19)32-3)24(31)26-13-17-7-9-18(10-8-17)23(30)27-14-22(25)29/h4-12H,13-14H2,1-3H3,(H2,25,29)(H,26,31)(H,27,30). The van der Waals surface area contributed by atoms with Crippen LogP contribution in [0.4, 0.5) is 0 Å². The first-order chi connectivity index (χ1) is 15.3. The predicted molar refractivity (Wildman–Crippen MR) is 121 cm³/mol. The largest absolute Gasteiger partial charge is 0.497 e. The first-order valence-electron chi connectivity index (χ1n) is 10.1. The zero-order chi connectivity index (χ0) is 23.3. The van der Waals surface area contributed by atoms with Gasteiger partial charge in [-0.2, -0.15) is 0 Å². The number of primary amides is 1. The highest BCUT2D eigenvalue weighted by molar-refractivity contribution is 5.97. The SMILES string of the molecule is COc1cccc(-n2c(C)cc(C(=O)NCc3ccc(C(=O)NCC(N)=O)cc3)c2C)c1. The number of rotatable bonds is 8. The van der Waals surface area contributed by atoms with E-state index in [1.165, 1.54) is 0 Å². The van der Waals surface area contributed by atoms with Crippen LogP contribution in [-0.2, 0) is 11.3 Å². The van der Waals surface area contributed by atoms with Crippen molar-refractivity contribution in [3.8, 4) is 11.4 Å². The second kappa shape index (κ2) is 9.82. The van der Waals surface area contributed by atoms with Crippen LogP contribution in [0.1, 0.15) is 37.7 Å². The van der Waals surface area contributed by atoms with E-state index < -0.39 is 5.91 Å². The van der Waals surface area contributed by atoms with Gasteiger partial charge in [-0.05, 0) is 49.7 Å². The number of nitrogens with one attached hydrogen (secondary N) is 2. The van der Waals surface area contributed by atoms with E-state index in [2.05, 4.69) is 10.6 Å². The number of carbonyl (C=O) groups excluding carboxylic acids is 3. The van der Waals surface area contributed by atoms with E-state index in [9.17, 15) is 14.4 Å². The summed E-state index contributed by atoms with van der Waals surface area (Å²) in [5, 5.41) is 5.35. The molecule has 2 aromatic carbocycles. The molecular weight excluding hydrogens is 408 g/mol. The number of nitrogens with two attached hydrogens (primary N) is 1. The van der Waals surface area contributed by atoms with Gasteiger partial charge in [0.2, 0.25) is 5.91 Å². The first-order valence-corrected chi connectivity index (χ1v) is 10.1. The smallest absolute Gasteiger partial charge is 0.253 e. The van der Waals surface area contributed by atoms with Crippen molar-refractivity contribution in [1.82, 2.24) is 15.2 Å². The summed E-state index contributed by atoms with van der Waals surface area (Å²) in [4.78, 5) is 35.5. The van der Waals surface area contributed by atoms with Gasteiger partial charge >= 0.3 is 0 Å². The van der Waals surface area contributed by atoms with Crippen molar-refractivity contribution < 1.29 is 19.1 Å².